The van der Waals surface area contributed by atoms with Crippen molar-refractivity contribution < 1.29 is 13.2 Å². The molecule has 1 N–H and O–H groups in total. The van der Waals surface area contributed by atoms with Crippen molar-refractivity contribution in [2.75, 3.05) is 26.7 Å². The summed E-state index contributed by atoms with van der Waals surface area (Å²) < 4.78 is 33.3. The number of benzene rings is 2. The van der Waals surface area contributed by atoms with E-state index in [2.05, 4.69) is 27.8 Å². The molecule has 0 saturated heterocycles. The summed E-state index contributed by atoms with van der Waals surface area (Å²) in [4.78, 5) is 2.73. The van der Waals surface area contributed by atoms with E-state index >= 15 is 0 Å². The number of hydrogen-bond acceptors (Lipinski definition) is 4. The minimum absolute atomic E-state index is 0. The predicted octanol–water partition coefficient (Wildman–Crippen LogP) is 3.64. The van der Waals surface area contributed by atoms with Crippen LogP contribution < -0.4 is 9.46 Å². The summed E-state index contributed by atoms with van der Waals surface area (Å²) >= 11 is 0. The first-order valence-electron chi connectivity index (χ1n) is 9.98. The van der Waals surface area contributed by atoms with Crippen LogP contribution >= 0.6 is 12.4 Å². The number of ether oxygens (including phenoxy) is 1. The smallest absolute Gasteiger partial charge is 0.244 e. The molecule has 2 aromatic rings. The molecule has 29 heavy (non-hydrogen) atoms. The van der Waals surface area contributed by atoms with E-state index in [0.717, 1.165) is 37.9 Å². The zero-order chi connectivity index (χ0) is 19.7. The fourth-order valence-corrected chi connectivity index (χ4v) is 5.81. The second-order valence-corrected chi connectivity index (χ2v) is 9.47. The van der Waals surface area contributed by atoms with Crippen LogP contribution in [0.4, 0.5) is 0 Å². The molecule has 2 aliphatic rings. The number of hydrogen-bond donors (Lipinski definition) is 1. The average molecular weight is 437 g/mol. The highest BCUT2D eigenvalue weighted by molar-refractivity contribution is 7.89. The van der Waals surface area contributed by atoms with Gasteiger partial charge in [-0.15, -0.1) is 12.4 Å². The van der Waals surface area contributed by atoms with Crippen molar-refractivity contribution in [3.05, 3.63) is 58.7 Å². The summed E-state index contributed by atoms with van der Waals surface area (Å²) in [6.07, 6.45) is 4.22. The summed E-state index contributed by atoms with van der Waals surface area (Å²) in [7, 11) is -2.08. The maximum Gasteiger partial charge on any atom is 0.244 e. The molecule has 1 aliphatic heterocycles. The van der Waals surface area contributed by atoms with E-state index in [4.69, 9.17) is 4.74 Å². The molecule has 0 radical (unpaired) electrons. The summed E-state index contributed by atoms with van der Waals surface area (Å²) in [5.74, 6) is 0.388. The summed E-state index contributed by atoms with van der Waals surface area (Å²) in [5.41, 5.74) is 5.51. The zero-order valence-corrected chi connectivity index (χ0v) is 18.6. The Hall–Kier alpha value is -1.60. The number of sulfonamides is 1. The minimum Gasteiger partial charge on any atom is -0.495 e. The fraction of sp³-hybridized carbons (Fsp3) is 0.455. The molecule has 1 aliphatic carbocycles. The highest BCUT2D eigenvalue weighted by Crippen LogP contribution is 2.41. The van der Waals surface area contributed by atoms with E-state index < -0.39 is 10.0 Å². The summed E-state index contributed by atoms with van der Waals surface area (Å²) in [6.45, 7) is 4.31. The number of methoxy groups -OCH3 is 1. The third-order valence-corrected chi connectivity index (χ3v) is 7.44. The SMILES string of the molecule is COc1cc(C)ccc1S(=O)(=O)NCCCN1CCc2cccc3c2C1CC3.Cl. The van der Waals surface area contributed by atoms with Crippen LogP contribution in [0, 0.1) is 6.92 Å². The van der Waals surface area contributed by atoms with Crippen LogP contribution in [0.15, 0.2) is 41.3 Å². The van der Waals surface area contributed by atoms with Crippen molar-refractivity contribution in [3.63, 3.8) is 0 Å². The van der Waals surface area contributed by atoms with Gasteiger partial charge in [-0.25, -0.2) is 13.1 Å². The average Bonchev–Trinajstić information content (AvgIpc) is 3.12. The van der Waals surface area contributed by atoms with Gasteiger partial charge in [0, 0.05) is 25.7 Å². The first kappa shape index (κ1) is 22.1. The van der Waals surface area contributed by atoms with Crippen molar-refractivity contribution in [2.24, 2.45) is 0 Å². The van der Waals surface area contributed by atoms with Crippen molar-refractivity contribution in [1.82, 2.24) is 9.62 Å². The maximum atomic E-state index is 12.7. The molecule has 0 fully saturated rings. The fourth-order valence-electron chi connectivity index (χ4n) is 4.58. The lowest BCUT2D eigenvalue weighted by molar-refractivity contribution is 0.184. The number of nitrogens with one attached hydrogen (secondary N) is 1. The molecule has 1 unspecified atom stereocenters. The molecule has 0 aromatic heterocycles. The third kappa shape index (κ3) is 4.45. The van der Waals surface area contributed by atoms with Crippen LogP contribution in [0.1, 0.15) is 41.1 Å². The van der Waals surface area contributed by atoms with E-state index in [1.165, 1.54) is 24.7 Å². The molecular weight excluding hydrogens is 408 g/mol. The van der Waals surface area contributed by atoms with Gasteiger partial charge in [0.25, 0.3) is 0 Å². The molecule has 1 atom stereocenters. The molecule has 158 valence electrons. The van der Waals surface area contributed by atoms with E-state index in [1.807, 2.05) is 6.92 Å². The summed E-state index contributed by atoms with van der Waals surface area (Å²) in [6, 6.07) is 12.4. The Morgan fingerprint density at radius 2 is 1.93 bits per heavy atom. The number of rotatable bonds is 7. The van der Waals surface area contributed by atoms with Gasteiger partial charge in [-0.1, -0.05) is 24.3 Å². The lowest BCUT2D eigenvalue weighted by Gasteiger charge is -2.35. The molecule has 0 saturated carbocycles. The van der Waals surface area contributed by atoms with Crippen LogP contribution in [-0.4, -0.2) is 40.1 Å². The van der Waals surface area contributed by atoms with E-state index in [-0.39, 0.29) is 17.3 Å². The van der Waals surface area contributed by atoms with Crippen molar-refractivity contribution in [1.29, 1.82) is 0 Å². The largest absolute Gasteiger partial charge is 0.495 e. The van der Waals surface area contributed by atoms with Crippen molar-refractivity contribution >= 4 is 22.4 Å². The number of halogens is 1. The Balaban J connectivity index is 0.00000240. The quantitative estimate of drug-likeness (QED) is 0.673. The molecule has 0 spiro atoms. The second-order valence-electron chi connectivity index (χ2n) is 7.74. The van der Waals surface area contributed by atoms with Gasteiger partial charge in [-0.2, -0.15) is 0 Å². The Labute approximate surface area is 179 Å². The Bertz CT molecular complexity index is 978. The lowest BCUT2D eigenvalue weighted by Crippen LogP contribution is -2.36. The van der Waals surface area contributed by atoms with Gasteiger partial charge in [0.1, 0.15) is 10.6 Å². The van der Waals surface area contributed by atoms with E-state index in [1.54, 1.807) is 23.8 Å². The molecule has 5 nitrogen and oxygen atoms in total. The zero-order valence-electron chi connectivity index (χ0n) is 17.0. The minimum atomic E-state index is -3.57. The molecule has 2 aromatic carbocycles. The van der Waals surface area contributed by atoms with Crippen LogP contribution in [-0.2, 0) is 22.9 Å². The van der Waals surface area contributed by atoms with Gasteiger partial charge in [0.2, 0.25) is 10.0 Å². The predicted molar refractivity (Wildman–Crippen MR) is 118 cm³/mol. The standard InChI is InChI=1S/C22H28N2O3S.ClH/c1-16-7-10-21(20(15-16)27-2)28(25,26)23-12-4-13-24-14-11-18-6-3-5-17-8-9-19(24)22(17)18;/h3,5-7,10,15,19,23H,4,8-9,11-14H2,1-2H3;1H. The highest BCUT2D eigenvalue weighted by atomic mass is 35.5. The van der Waals surface area contributed by atoms with Gasteiger partial charge in [0.15, 0.2) is 0 Å². The van der Waals surface area contributed by atoms with Gasteiger partial charge >= 0.3 is 0 Å². The Morgan fingerprint density at radius 1 is 1.17 bits per heavy atom. The maximum absolute atomic E-state index is 12.7. The second kappa shape index (κ2) is 9.04. The van der Waals surface area contributed by atoms with Gasteiger partial charge in [-0.05, 0) is 67.0 Å². The van der Waals surface area contributed by atoms with Gasteiger partial charge < -0.3 is 4.74 Å². The first-order chi connectivity index (χ1) is 13.5. The van der Waals surface area contributed by atoms with Gasteiger partial charge in [-0.3, -0.25) is 4.90 Å². The van der Waals surface area contributed by atoms with Crippen LogP contribution in [0.2, 0.25) is 0 Å². The van der Waals surface area contributed by atoms with Crippen LogP contribution in [0.5, 0.6) is 5.75 Å². The topological polar surface area (TPSA) is 58.6 Å². The molecule has 0 amide bonds. The monoisotopic (exact) mass is 436 g/mol. The molecule has 4 rings (SSSR count). The molecule has 1 heterocycles. The van der Waals surface area contributed by atoms with Crippen LogP contribution in [0.3, 0.4) is 0 Å². The van der Waals surface area contributed by atoms with E-state index in [9.17, 15) is 8.42 Å². The Morgan fingerprint density at radius 3 is 2.69 bits per heavy atom. The molecule has 0 bridgehead atoms. The lowest BCUT2D eigenvalue weighted by atomic mass is 9.93. The third-order valence-electron chi connectivity index (χ3n) is 5.94. The van der Waals surface area contributed by atoms with E-state index in [0.29, 0.717) is 18.3 Å². The summed E-state index contributed by atoms with van der Waals surface area (Å²) in [5, 5.41) is 0. The number of aryl methyl sites for hydroxylation is 2. The first-order valence-corrected chi connectivity index (χ1v) is 11.5. The van der Waals surface area contributed by atoms with Crippen molar-refractivity contribution in [3.8, 4) is 5.75 Å². The van der Waals surface area contributed by atoms with Crippen LogP contribution in [0.25, 0.3) is 0 Å². The number of nitrogens with zero attached hydrogens (tertiary/aromatic N) is 1. The molecular formula is C22H29ClN2O3S. The Kier molecular flexibility index (Phi) is 6.89. The van der Waals surface area contributed by atoms with Crippen molar-refractivity contribution in [2.45, 2.75) is 43.5 Å². The molecule has 7 heteroatoms. The van der Waals surface area contributed by atoms with Gasteiger partial charge in [0.05, 0.1) is 7.11 Å². The normalized spacial score (nSPS) is 18.2. The highest BCUT2D eigenvalue weighted by Gasteiger charge is 2.32.